The highest BCUT2D eigenvalue weighted by atomic mass is 35.6. The van der Waals surface area contributed by atoms with E-state index in [2.05, 4.69) is 10.7 Å². The first-order valence-electron chi connectivity index (χ1n) is 7.12. The van der Waals surface area contributed by atoms with E-state index in [0.29, 0.717) is 19.3 Å². The summed E-state index contributed by atoms with van der Waals surface area (Å²) in [5.74, 6) is -0.768. The summed E-state index contributed by atoms with van der Waals surface area (Å²) in [4.78, 5) is 34.7. The molecule has 2 N–H and O–H groups in total. The van der Waals surface area contributed by atoms with Crippen LogP contribution in [0.25, 0.3) is 0 Å². The van der Waals surface area contributed by atoms with Gasteiger partial charge in [0.25, 0.3) is 5.91 Å². The van der Waals surface area contributed by atoms with Gasteiger partial charge in [0, 0.05) is 6.54 Å². The van der Waals surface area contributed by atoms with E-state index >= 15 is 0 Å². The number of hydrazine groups is 1. The van der Waals surface area contributed by atoms with Crippen molar-refractivity contribution in [3.8, 4) is 0 Å². The number of hydrogen-bond donors (Lipinski definition) is 2. The van der Waals surface area contributed by atoms with Gasteiger partial charge in [0.15, 0.2) is 0 Å². The fourth-order valence-electron chi connectivity index (χ4n) is 2.18. The first kappa shape index (κ1) is 20.4. The van der Waals surface area contributed by atoms with Crippen molar-refractivity contribution in [2.45, 2.75) is 36.1 Å². The summed E-state index contributed by atoms with van der Waals surface area (Å²) in [6.07, 6.45) is 1.17. The van der Waals surface area contributed by atoms with E-state index in [9.17, 15) is 14.4 Å². The van der Waals surface area contributed by atoms with Gasteiger partial charge in [-0.1, -0.05) is 41.7 Å². The zero-order valence-corrected chi connectivity index (χ0v) is 15.1. The number of rotatable bonds is 6. The fourth-order valence-corrected chi connectivity index (χ4v) is 2.35. The Balaban J connectivity index is 2.62. The minimum atomic E-state index is -1.68. The Labute approximate surface area is 149 Å². The van der Waals surface area contributed by atoms with Crippen molar-refractivity contribution in [1.29, 1.82) is 0 Å². The molecule has 1 aliphatic heterocycles. The van der Waals surface area contributed by atoms with Gasteiger partial charge in [0.1, 0.15) is 18.9 Å². The molecule has 10 heteroatoms. The molecule has 0 aliphatic carbocycles. The minimum absolute atomic E-state index is 0.0744. The van der Waals surface area contributed by atoms with Gasteiger partial charge in [0.05, 0.1) is 12.6 Å². The molecular weight excluding hydrogens is 369 g/mol. The smallest absolute Gasteiger partial charge is 0.325 e. The zero-order valence-electron chi connectivity index (χ0n) is 12.9. The van der Waals surface area contributed by atoms with Crippen molar-refractivity contribution in [3.63, 3.8) is 0 Å². The third-order valence-electron chi connectivity index (χ3n) is 3.25. The standard InChI is InChI=1S/C13H20Cl3N3O4/c1-8-5-10(12(22)23-7-13(14,15)16)18-19(6-8)11(21)9(2)17-3-4-20/h4,8-10,17-18H,3,5-7H2,1-2H3. The molecule has 0 radical (unpaired) electrons. The molecular formula is C13H20Cl3N3O4. The Morgan fingerprint density at radius 2 is 2.13 bits per heavy atom. The summed E-state index contributed by atoms with van der Waals surface area (Å²) < 4.78 is 3.27. The Bertz CT molecular complexity index is 445. The number of ether oxygens (including phenoxy) is 1. The predicted molar refractivity (Wildman–Crippen MR) is 87.2 cm³/mol. The lowest BCUT2D eigenvalue weighted by Gasteiger charge is -2.37. The lowest BCUT2D eigenvalue weighted by Crippen LogP contribution is -2.61. The zero-order chi connectivity index (χ0) is 17.6. The van der Waals surface area contributed by atoms with Gasteiger partial charge < -0.3 is 9.53 Å². The predicted octanol–water partition coefficient (Wildman–Crippen LogP) is 0.818. The number of amides is 1. The van der Waals surface area contributed by atoms with Crippen molar-refractivity contribution in [1.82, 2.24) is 15.8 Å². The number of nitrogens with one attached hydrogen (secondary N) is 2. The Morgan fingerprint density at radius 3 is 2.70 bits per heavy atom. The summed E-state index contributed by atoms with van der Waals surface area (Å²) in [7, 11) is 0. The lowest BCUT2D eigenvalue weighted by atomic mass is 9.99. The molecule has 1 heterocycles. The van der Waals surface area contributed by atoms with E-state index in [1.807, 2.05) is 6.92 Å². The highest BCUT2D eigenvalue weighted by Crippen LogP contribution is 2.26. The summed E-state index contributed by atoms with van der Waals surface area (Å²) >= 11 is 16.6. The second kappa shape index (κ2) is 9.03. The number of carbonyl (C=O) groups excluding carboxylic acids is 3. The van der Waals surface area contributed by atoms with Crippen LogP contribution in [0.4, 0.5) is 0 Å². The minimum Gasteiger partial charge on any atom is -0.460 e. The summed E-state index contributed by atoms with van der Waals surface area (Å²) in [5.41, 5.74) is 2.83. The van der Waals surface area contributed by atoms with Crippen LogP contribution in [-0.4, -0.2) is 58.7 Å². The molecule has 0 saturated carbocycles. The maximum absolute atomic E-state index is 12.3. The van der Waals surface area contributed by atoms with Crippen LogP contribution in [0, 0.1) is 5.92 Å². The van der Waals surface area contributed by atoms with E-state index in [0.717, 1.165) is 0 Å². The van der Waals surface area contributed by atoms with Crippen molar-refractivity contribution in [2.75, 3.05) is 19.7 Å². The highest BCUT2D eigenvalue weighted by Gasteiger charge is 2.35. The van der Waals surface area contributed by atoms with E-state index in [4.69, 9.17) is 39.5 Å². The fraction of sp³-hybridized carbons (Fsp3) is 0.769. The van der Waals surface area contributed by atoms with Crippen molar-refractivity contribution in [3.05, 3.63) is 0 Å². The van der Waals surface area contributed by atoms with Crippen molar-refractivity contribution >= 4 is 53.0 Å². The molecule has 3 unspecified atom stereocenters. The summed E-state index contributed by atoms with van der Waals surface area (Å²) in [6, 6.07) is -1.26. The maximum atomic E-state index is 12.3. The van der Waals surface area contributed by atoms with Crippen LogP contribution < -0.4 is 10.7 Å². The number of aldehydes is 1. The molecule has 3 atom stereocenters. The second-order valence-electron chi connectivity index (χ2n) is 5.49. The number of alkyl halides is 3. The van der Waals surface area contributed by atoms with E-state index in [-0.39, 0.29) is 25.0 Å². The molecule has 1 amide bonds. The van der Waals surface area contributed by atoms with Crippen LogP contribution in [0.3, 0.4) is 0 Å². The SMILES string of the molecule is CC1CC(C(=O)OCC(Cl)(Cl)Cl)NN(C(=O)C(C)NCC=O)C1. The third-order valence-corrected chi connectivity index (χ3v) is 3.58. The van der Waals surface area contributed by atoms with Crippen molar-refractivity contribution < 1.29 is 19.1 Å². The van der Waals surface area contributed by atoms with Crippen molar-refractivity contribution in [2.24, 2.45) is 5.92 Å². The molecule has 0 bridgehead atoms. The van der Waals surface area contributed by atoms with Crippen LogP contribution in [0.5, 0.6) is 0 Å². The highest BCUT2D eigenvalue weighted by molar-refractivity contribution is 6.67. The molecule has 23 heavy (non-hydrogen) atoms. The van der Waals surface area contributed by atoms with Crippen LogP contribution in [0.2, 0.25) is 0 Å². The average Bonchev–Trinajstić information content (AvgIpc) is 2.48. The van der Waals surface area contributed by atoms with Crippen LogP contribution in [0.1, 0.15) is 20.3 Å². The number of nitrogens with zero attached hydrogens (tertiary/aromatic N) is 1. The molecule has 0 spiro atoms. The van der Waals surface area contributed by atoms with Gasteiger partial charge in [0.2, 0.25) is 3.79 Å². The quantitative estimate of drug-likeness (QED) is 0.398. The molecule has 0 aromatic carbocycles. The van der Waals surface area contributed by atoms with E-state index in [1.54, 1.807) is 6.92 Å². The topological polar surface area (TPSA) is 87.7 Å². The molecule has 7 nitrogen and oxygen atoms in total. The molecule has 1 saturated heterocycles. The molecule has 1 fully saturated rings. The van der Waals surface area contributed by atoms with Crippen LogP contribution in [-0.2, 0) is 19.1 Å². The Morgan fingerprint density at radius 1 is 1.48 bits per heavy atom. The molecule has 1 aliphatic rings. The van der Waals surface area contributed by atoms with Gasteiger partial charge in [-0.2, -0.15) is 0 Å². The van der Waals surface area contributed by atoms with Gasteiger partial charge in [-0.15, -0.1) is 0 Å². The van der Waals surface area contributed by atoms with Gasteiger partial charge >= 0.3 is 5.97 Å². The largest absolute Gasteiger partial charge is 0.460 e. The number of esters is 1. The second-order valence-corrected chi connectivity index (χ2v) is 8.01. The first-order valence-corrected chi connectivity index (χ1v) is 8.25. The first-order chi connectivity index (χ1) is 10.6. The summed E-state index contributed by atoms with van der Waals surface area (Å²) in [5, 5.41) is 4.12. The maximum Gasteiger partial charge on any atom is 0.325 e. The molecule has 1 rings (SSSR count). The molecule has 0 aromatic rings. The van der Waals surface area contributed by atoms with Gasteiger partial charge in [-0.3, -0.25) is 19.9 Å². The van der Waals surface area contributed by atoms with Gasteiger partial charge in [-0.05, 0) is 19.3 Å². The van der Waals surface area contributed by atoms with E-state index in [1.165, 1.54) is 5.01 Å². The monoisotopic (exact) mass is 387 g/mol. The van der Waals surface area contributed by atoms with Crippen LogP contribution in [0.15, 0.2) is 0 Å². The number of carbonyl (C=O) groups is 3. The molecule has 132 valence electrons. The Hall–Kier alpha value is -0.600. The van der Waals surface area contributed by atoms with Gasteiger partial charge in [-0.25, -0.2) is 5.43 Å². The van der Waals surface area contributed by atoms with E-state index < -0.39 is 21.8 Å². The Kier molecular flexibility index (Phi) is 8.03. The molecule has 0 aromatic heterocycles. The number of hydrogen-bond acceptors (Lipinski definition) is 6. The normalized spacial score (nSPS) is 23.3. The van der Waals surface area contributed by atoms with Crippen LogP contribution >= 0.6 is 34.8 Å². The average molecular weight is 389 g/mol. The lowest BCUT2D eigenvalue weighted by molar-refractivity contribution is -0.153. The third kappa shape index (κ3) is 7.22. The summed E-state index contributed by atoms with van der Waals surface area (Å²) in [6.45, 7) is 3.71. The number of halogens is 3.